The minimum atomic E-state index is 0.519. The van der Waals surface area contributed by atoms with E-state index in [-0.39, 0.29) is 0 Å². The minimum absolute atomic E-state index is 0.519. The maximum Gasteiger partial charge on any atom is 0.181 e. The van der Waals surface area contributed by atoms with Crippen LogP contribution in [0.1, 0.15) is 12.8 Å². The van der Waals surface area contributed by atoms with Crippen molar-refractivity contribution in [1.29, 1.82) is 0 Å². The maximum absolute atomic E-state index is 5.81. The fourth-order valence-electron chi connectivity index (χ4n) is 2.41. The number of fused-ring (bicyclic) bond motifs is 1. The summed E-state index contributed by atoms with van der Waals surface area (Å²) < 4.78 is 7.70. The Morgan fingerprint density at radius 1 is 1.33 bits per heavy atom. The molecule has 1 aliphatic rings. The summed E-state index contributed by atoms with van der Waals surface area (Å²) >= 11 is 0. The Morgan fingerprint density at radius 3 is 3.00 bits per heavy atom. The fourth-order valence-corrected chi connectivity index (χ4v) is 2.41. The zero-order chi connectivity index (χ0) is 12.4. The lowest BCUT2D eigenvalue weighted by Gasteiger charge is -2.15. The standard InChI is InChI=1S/C13H18N4O/c14-12-10-17-7-3-4-11(13(17)15-12)18-9-8-16-5-1-2-6-16/h3-4,7,10H,1-2,5-6,8-9,14H2. The number of hydrogen-bond acceptors (Lipinski definition) is 4. The smallest absolute Gasteiger partial charge is 0.181 e. The Balaban J connectivity index is 1.66. The van der Waals surface area contributed by atoms with Gasteiger partial charge in [-0.2, -0.15) is 0 Å². The van der Waals surface area contributed by atoms with Crippen molar-refractivity contribution in [1.82, 2.24) is 14.3 Å². The minimum Gasteiger partial charge on any atom is -0.488 e. The van der Waals surface area contributed by atoms with E-state index in [1.807, 2.05) is 22.7 Å². The van der Waals surface area contributed by atoms with E-state index in [0.717, 1.165) is 17.9 Å². The summed E-state index contributed by atoms with van der Waals surface area (Å²) in [6, 6.07) is 3.88. The third-order valence-electron chi connectivity index (χ3n) is 3.33. The number of likely N-dealkylation sites (tertiary alicyclic amines) is 1. The number of aromatic nitrogens is 2. The molecule has 0 amide bonds. The van der Waals surface area contributed by atoms with Crippen molar-refractivity contribution < 1.29 is 4.74 Å². The van der Waals surface area contributed by atoms with Crippen molar-refractivity contribution in [2.24, 2.45) is 0 Å². The summed E-state index contributed by atoms with van der Waals surface area (Å²) in [5.41, 5.74) is 6.48. The lowest BCUT2D eigenvalue weighted by Crippen LogP contribution is -2.25. The van der Waals surface area contributed by atoms with Crippen LogP contribution in [-0.2, 0) is 0 Å². The number of pyridine rings is 1. The quantitative estimate of drug-likeness (QED) is 0.885. The molecule has 2 aromatic rings. The zero-order valence-corrected chi connectivity index (χ0v) is 10.4. The number of hydrogen-bond donors (Lipinski definition) is 1. The third-order valence-corrected chi connectivity index (χ3v) is 3.33. The van der Waals surface area contributed by atoms with Gasteiger partial charge in [-0.1, -0.05) is 0 Å². The van der Waals surface area contributed by atoms with Crippen LogP contribution in [0.25, 0.3) is 5.65 Å². The highest BCUT2D eigenvalue weighted by atomic mass is 16.5. The molecular formula is C13H18N4O. The average Bonchev–Trinajstić information content (AvgIpc) is 2.97. The molecule has 0 unspecified atom stereocenters. The van der Waals surface area contributed by atoms with Crippen molar-refractivity contribution in [2.75, 3.05) is 32.0 Å². The second-order valence-electron chi connectivity index (χ2n) is 4.67. The van der Waals surface area contributed by atoms with Gasteiger partial charge in [0.15, 0.2) is 11.4 Å². The summed E-state index contributed by atoms with van der Waals surface area (Å²) in [4.78, 5) is 6.70. The molecule has 5 heteroatoms. The predicted octanol–water partition coefficient (Wildman–Crippen LogP) is 1.39. The van der Waals surface area contributed by atoms with Crippen LogP contribution in [-0.4, -0.2) is 40.5 Å². The molecule has 0 radical (unpaired) electrons. The molecule has 0 spiro atoms. The first-order valence-electron chi connectivity index (χ1n) is 6.41. The first-order chi connectivity index (χ1) is 8.83. The highest BCUT2D eigenvalue weighted by molar-refractivity contribution is 5.57. The van der Waals surface area contributed by atoms with Crippen molar-refractivity contribution in [3.63, 3.8) is 0 Å². The predicted molar refractivity (Wildman–Crippen MR) is 70.8 cm³/mol. The second-order valence-corrected chi connectivity index (χ2v) is 4.67. The molecule has 96 valence electrons. The molecule has 0 atom stereocenters. The molecular weight excluding hydrogens is 228 g/mol. The highest BCUT2D eigenvalue weighted by Gasteiger charge is 2.11. The van der Waals surface area contributed by atoms with Crippen molar-refractivity contribution >= 4 is 11.5 Å². The van der Waals surface area contributed by atoms with Gasteiger partial charge in [0.1, 0.15) is 12.4 Å². The molecule has 1 fully saturated rings. The van der Waals surface area contributed by atoms with Gasteiger partial charge in [0, 0.05) is 12.7 Å². The normalized spacial score (nSPS) is 16.4. The van der Waals surface area contributed by atoms with Crippen LogP contribution in [0.2, 0.25) is 0 Å². The Morgan fingerprint density at radius 2 is 2.17 bits per heavy atom. The molecule has 1 aliphatic heterocycles. The van der Waals surface area contributed by atoms with E-state index in [0.29, 0.717) is 12.4 Å². The summed E-state index contributed by atoms with van der Waals surface area (Å²) in [6.45, 7) is 4.08. The van der Waals surface area contributed by atoms with Crippen molar-refractivity contribution in [3.8, 4) is 5.75 Å². The highest BCUT2D eigenvalue weighted by Crippen LogP contribution is 2.19. The largest absolute Gasteiger partial charge is 0.488 e. The number of nitrogens with two attached hydrogens (primary N) is 1. The Kier molecular flexibility index (Phi) is 3.06. The van der Waals surface area contributed by atoms with Gasteiger partial charge in [0.25, 0.3) is 0 Å². The average molecular weight is 246 g/mol. The van der Waals surface area contributed by atoms with Crippen molar-refractivity contribution in [2.45, 2.75) is 12.8 Å². The van der Waals surface area contributed by atoms with Gasteiger partial charge in [0.05, 0.1) is 6.20 Å². The molecule has 5 nitrogen and oxygen atoms in total. The zero-order valence-electron chi connectivity index (χ0n) is 10.4. The summed E-state index contributed by atoms with van der Waals surface area (Å²) in [6.07, 6.45) is 6.34. The van der Waals surface area contributed by atoms with Crippen LogP contribution in [0.3, 0.4) is 0 Å². The SMILES string of the molecule is Nc1cn2cccc(OCCN3CCCC3)c2n1. The number of nitrogen functional groups attached to an aromatic ring is 1. The first kappa shape index (κ1) is 11.3. The molecule has 0 bridgehead atoms. The molecule has 0 saturated carbocycles. The molecule has 0 aliphatic carbocycles. The van der Waals surface area contributed by atoms with Crippen LogP contribution < -0.4 is 10.5 Å². The van der Waals surface area contributed by atoms with Crippen molar-refractivity contribution in [3.05, 3.63) is 24.5 Å². The number of rotatable bonds is 4. The van der Waals surface area contributed by atoms with E-state index < -0.39 is 0 Å². The fraction of sp³-hybridized carbons (Fsp3) is 0.462. The van der Waals surface area contributed by atoms with Gasteiger partial charge in [-0.25, -0.2) is 4.98 Å². The lowest BCUT2D eigenvalue weighted by atomic mass is 10.4. The summed E-state index contributed by atoms with van der Waals surface area (Å²) in [7, 11) is 0. The molecule has 18 heavy (non-hydrogen) atoms. The molecule has 2 aromatic heterocycles. The monoisotopic (exact) mass is 246 g/mol. The third kappa shape index (κ3) is 2.26. The van der Waals surface area contributed by atoms with E-state index in [1.165, 1.54) is 25.9 Å². The topological polar surface area (TPSA) is 55.8 Å². The van der Waals surface area contributed by atoms with Crippen LogP contribution in [0.4, 0.5) is 5.82 Å². The molecule has 1 saturated heterocycles. The van der Waals surface area contributed by atoms with E-state index >= 15 is 0 Å². The van der Waals surface area contributed by atoms with Crippen LogP contribution in [0.5, 0.6) is 5.75 Å². The van der Waals surface area contributed by atoms with Gasteiger partial charge in [0.2, 0.25) is 0 Å². The molecule has 3 heterocycles. The first-order valence-corrected chi connectivity index (χ1v) is 6.41. The van der Waals surface area contributed by atoms with Gasteiger partial charge >= 0.3 is 0 Å². The summed E-state index contributed by atoms with van der Waals surface area (Å²) in [5.74, 6) is 1.32. The van der Waals surface area contributed by atoms with Gasteiger partial charge in [-0.15, -0.1) is 0 Å². The number of imidazole rings is 1. The Hall–Kier alpha value is -1.75. The van der Waals surface area contributed by atoms with E-state index in [1.54, 1.807) is 6.20 Å². The Labute approximate surface area is 106 Å². The molecule has 3 rings (SSSR count). The Bertz CT molecular complexity index is 531. The van der Waals surface area contributed by atoms with E-state index in [9.17, 15) is 0 Å². The number of anilines is 1. The van der Waals surface area contributed by atoms with E-state index in [2.05, 4.69) is 9.88 Å². The van der Waals surface area contributed by atoms with E-state index in [4.69, 9.17) is 10.5 Å². The van der Waals surface area contributed by atoms with Crippen LogP contribution in [0.15, 0.2) is 24.5 Å². The lowest BCUT2D eigenvalue weighted by molar-refractivity contribution is 0.239. The number of nitrogens with zero attached hydrogens (tertiary/aromatic N) is 3. The van der Waals surface area contributed by atoms with Crippen LogP contribution in [0, 0.1) is 0 Å². The van der Waals surface area contributed by atoms with Crippen LogP contribution >= 0.6 is 0 Å². The summed E-state index contributed by atoms with van der Waals surface area (Å²) in [5, 5.41) is 0. The maximum atomic E-state index is 5.81. The molecule has 0 aromatic carbocycles. The van der Waals surface area contributed by atoms with Gasteiger partial charge in [-0.05, 0) is 38.1 Å². The number of ether oxygens (including phenoxy) is 1. The molecule has 2 N–H and O–H groups in total. The van der Waals surface area contributed by atoms with Gasteiger partial charge in [-0.3, -0.25) is 4.90 Å². The van der Waals surface area contributed by atoms with Gasteiger partial charge < -0.3 is 14.9 Å². The second kappa shape index (κ2) is 4.86.